The van der Waals surface area contributed by atoms with Gasteiger partial charge in [0.2, 0.25) is 5.95 Å². The van der Waals surface area contributed by atoms with Gasteiger partial charge in [0.15, 0.2) is 0 Å². The maximum atomic E-state index is 11.1. The van der Waals surface area contributed by atoms with Crippen LogP contribution in [0.5, 0.6) is 0 Å². The van der Waals surface area contributed by atoms with Crippen LogP contribution in [0.3, 0.4) is 0 Å². The predicted molar refractivity (Wildman–Crippen MR) is 43.7 cm³/mol. The van der Waals surface area contributed by atoms with Crippen molar-refractivity contribution in [3.63, 3.8) is 0 Å². The van der Waals surface area contributed by atoms with Crippen LogP contribution in [0.1, 0.15) is 0 Å². The molecule has 0 saturated heterocycles. The van der Waals surface area contributed by atoms with E-state index < -0.39 is 11.8 Å². The van der Waals surface area contributed by atoms with E-state index in [4.69, 9.17) is 0 Å². The van der Waals surface area contributed by atoms with Crippen molar-refractivity contribution < 1.29 is 9.59 Å². The van der Waals surface area contributed by atoms with Crippen LogP contribution in [0.25, 0.3) is 0 Å². The number of nitrogens with zero attached hydrogens (tertiary/aromatic N) is 3. The molecule has 1 aliphatic heterocycles. The highest BCUT2D eigenvalue weighted by molar-refractivity contribution is 6.27. The van der Waals surface area contributed by atoms with Crippen molar-refractivity contribution in [3.8, 4) is 0 Å². The maximum Gasteiger partial charge on any atom is 0.260 e. The summed E-state index contributed by atoms with van der Waals surface area (Å²) < 4.78 is 0. The van der Waals surface area contributed by atoms with Gasteiger partial charge in [-0.3, -0.25) is 9.59 Å². The number of hydrogen-bond donors (Lipinski definition) is 0. The van der Waals surface area contributed by atoms with Crippen LogP contribution >= 0.6 is 0 Å². The zero-order valence-electron chi connectivity index (χ0n) is 6.54. The zero-order chi connectivity index (χ0) is 9.26. The molecule has 0 bridgehead atoms. The zero-order valence-corrected chi connectivity index (χ0v) is 6.54. The van der Waals surface area contributed by atoms with Gasteiger partial charge in [-0.25, -0.2) is 14.9 Å². The van der Waals surface area contributed by atoms with Gasteiger partial charge >= 0.3 is 0 Å². The van der Waals surface area contributed by atoms with Crippen molar-refractivity contribution in [2.75, 3.05) is 4.90 Å². The molecule has 5 nitrogen and oxygen atoms in total. The second-order valence-electron chi connectivity index (χ2n) is 2.39. The first-order valence-corrected chi connectivity index (χ1v) is 3.62. The van der Waals surface area contributed by atoms with Gasteiger partial charge in [-0.1, -0.05) is 0 Å². The maximum absolute atomic E-state index is 11.1. The van der Waals surface area contributed by atoms with E-state index in [0.29, 0.717) is 0 Å². The first-order chi connectivity index (χ1) is 6.29. The van der Waals surface area contributed by atoms with E-state index in [1.807, 2.05) is 0 Å². The average Bonchev–Trinajstić information content (AvgIpc) is 2.48. The molecule has 0 saturated carbocycles. The number of carbonyl (C=O) groups is 2. The van der Waals surface area contributed by atoms with Crippen LogP contribution in [0.4, 0.5) is 5.95 Å². The number of amides is 2. The number of hydrogen-bond acceptors (Lipinski definition) is 4. The number of imide groups is 1. The van der Waals surface area contributed by atoms with Gasteiger partial charge in [0.05, 0.1) is 0 Å². The second kappa shape index (κ2) is 2.78. The normalized spacial score (nSPS) is 15.5. The Labute approximate surface area is 73.7 Å². The third kappa shape index (κ3) is 1.20. The third-order valence-corrected chi connectivity index (χ3v) is 1.56. The lowest BCUT2D eigenvalue weighted by molar-refractivity contribution is -0.120. The molecule has 1 aliphatic rings. The van der Waals surface area contributed by atoms with Crippen LogP contribution in [0.15, 0.2) is 30.6 Å². The van der Waals surface area contributed by atoms with Crippen molar-refractivity contribution >= 4 is 17.8 Å². The third-order valence-electron chi connectivity index (χ3n) is 1.56. The van der Waals surface area contributed by atoms with Crippen molar-refractivity contribution in [2.45, 2.75) is 0 Å². The molecule has 0 N–H and O–H groups in total. The first-order valence-electron chi connectivity index (χ1n) is 3.62. The molecule has 5 heteroatoms. The Morgan fingerprint density at radius 2 is 1.54 bits per heavy atom. The SMILES string of the molecule is O=C1C=CC(=O)N1c1ncccn1. The van der Waals surface area contributed by atoms with Crippen LogP contribution < -0.4 is 4.90 Å². The fourth-order valence-corrected chi connectivity index (χ4v) is 1.00. The van der Waals surface area contributed by atoms with Gasteiger partial charge in [0.1, 0.15) is 0 Å². The van der Waals surface area contributed by atoms with Gasteiger partial charge < -0.3 is 0 Å². The molecule has 1 aromatic heterocycles. The number of carbonyl (C=O) groups excluding carboxylic acids is 2. The van der Waals surface area contributed by atoms with Crippen LogP contribution in [-0.4, -0.2) is 21.8 Å². The highest BCUT2D eigenvalue weighted by atomic mass is 16.2. The Balaban J connectivity index is 2.38. The average molecular weight is 175 g/mol. The molecule has 0 unspecified atom stereocenters. The lowest BCUT2D eigenvalue weighted by atomic mass is 10.6. The topological polar surface area (TPSA) is 63.2 Å². The molecule has 13 heavy (non-hydrogen) atoms. The van der Waals surface area contributed by atoms with Gasteiger partial charge in [-0.05, 0) is 6.07 Å². The molecule has 0 aliphatic carbocycles. The minimum absolute atomic E-state index is 0.113. The molecule has 64 valence electrons. The van der Waals surface area contributed by atoms with Crippen molar-refractivity contribution in [3.05, 3.63) is 30.6 Å². The molecular weight excluding hydrogens is 170 g/mol. The summed E-state index contributed by atoms with van der Waals surface area (Å²) in [5.74, 6) is -0.699. The standard InChI is InChI=1S/C8H5N3O2/c12-6-2-3-7(13)11(6)8-9-4-1-5-10-8/h1-5H. The second-order valence-corrected chi connectivity index (χ2v) is 2.39. The fraction of sp³-hybridized carbons (Fsp3) is 0. The molecule has 0 aromatic carbocycles. The number of anilines is 1. The highest BCUT2D eigenvalue weighted by Crippen LogP contribution is 2.11. The summed E-state index contributed by atoms with van der Waals surface area (Å²) in [4.78, 5) is 30.8. The van der Waals surface area contributed by atoms with Crippen LogP contribution in [-0.2, 0) is 9.59 Å². The summed E-state index contributed by atoms with van der Waals surface area (Å²) in [6.45, 7) is 0. The Bertz CT molecular complexity index is 368. The highest BCUT2D eigenvalue weighted by Gasteiger charge is 2.26. The summed E-state index contributed by atoms with van der Waals surface area (Å²) in [5, 5.41) is 0. The number of aromatic nitrogens is 2. The fourth-order valence-electron chi connectivity index (χ4n) is 1.00. The molecule has 2 rings (SSSR count). The largest absolute Gasteiger partial charge is 0.269 e. The molecule has 0 spiro atoms. The van der Waals surface area contributed by atoms with Gasteiger partial charge in [-0.2, -0.15) is 0 Å². The Morgan fingerprint density at radius 3 is 2.08 bits per heavy atom. The van der Waals surface area contributed by atoms with E-state index in [1.165, 1.54) is 24.5 Å². The molecule has 1 aromatic rings. The van der Waals surface area contributed by atoms with Crippen molar-refractivity contribution in [1.29, 1.82) is 0 Å². The van der Waals surface area contributed by atoms with E-state index in [1.54, 1.807) is 6.07 Å². The van der Waals surface area contributed by atoms with E-state index in [0.717, 1.165) is 4.90 Å². The van der Waals surface area contributed by atoms with Crippen molar-refractivity contribution in [1.82, 2.24) is 9.97 Å². The molecule has 0 radical (unpaired) electrons. The molecule has 0 fully saturated rings. The Hall–Kier alpha value is -2.04. The van der Waals surface area contributed by atoms with Gasteiger partial charge in [0, 0.05) is 24.5 Å². The first kappa shape index (κ1) is 7.60. The van der Waals surface area contributed by atoms with Crippen LogP contribution in [0, 0.1) is 0 Å². The lowest BCUT2D eigenvalue weighted by Gasteiger charge is -2.09. The summed E-state index contributed by atoms with van der Waals surface area (Å²) in [7, 11) is 0. The number of rotatable bonds is 1. The summed E-state index contributed by atoms with van der Waals surface area (Å²) >= 11 is 0. The minimum Gasteiger partial charge on any atom is -0.269 e. The van der Waals surface area contributed by atoms with E-state index in [2.05, 4.69) is 9.97 Å². The molecule has 2 heterocycles. The summed E-state index contributed by atoms with van der Waals surface area (Å²) in [6, 6.07) is 1.61. The van der Waals surface area contributed by atoms with Gasteiger partial charge in [-0.15, -0.1) is 0 Å². The molecule has 2 amide bonds. The predicted octanol–water partition coefficient (Wildman–Crippen LogP) is -0.0940. The quantitative estimate of drug-likeness (QED) is 0.559. The van der Waals surface area contributed by atoms with E-state index in [-0.39, 0.29) is 5.95 Å². The summed E-state index contributed by atoms with van der Waals surface area (Å²) in [6.07, 6.45) is 5.33. The Kier molecular flexibility index (Phi) is 1.63. The van der Waals surface area contributed by atoms with E-state index in [9.17, 15) is 9.59 Å². The van der Waals surface area contributed by atoms with Crippen molar-refractivity contribution in [2.24, 2.45) is 0 Å². The minimum atomic E-state index is -0.406. The lowest BCUT2D eigenvalue weighted by Crippen LogP contribution is -2.31. The van der Waals surface area contributed by atoms with E-state index >= 15 is 0 Å². The smallest absolute Gasteiger partial charge is 0.260 e. The van der Waals surface area contributed by atoms with Gasteiger partial charge in [0.25, 0.3) is 11.8 Å². The Morgan fingerprint density at radius 1 is 1.00 bits per heavy atom. The molecular formula is C8H5N3O2. The monoisotopic (exact) mass is 175 g/mol. The van der Waals surface area contributed by atoms with Crippen LogP contribution in [0.2, 0.25) is 0 Å². The summed E-state index contributed by atoms with van der Waals surface area (Å²) in [5.41, 5.74) is 0. The molecule has 0 atom stereocenters.